The molecule has 2 aliphatic rings. The number of piperidine rings is 1. The molecule has 1 saturated heterocycles. The molecule has 0 aromatic carbocycles. The third-order valence-electron chi connectivity index (χ3n) is 5.23. The highest BCUT2D eigenvalue weighted by atomic mass is 16.2. The van der Waals surface area contributed by atoms with Gasteiger partial charge in [-0.15, -0.1) is 0 Å². The highest BCUT2D eigenvalue weighted by Gasteiger charge is 2.45. The fraction of sp³-hybridized carbons (Fsp3) is 0.941. The van der Waals surface area contributed by atoms with Gasteiger partial charge in [0, 0.05) is 19.0 Å². The lowest BCUT2D eigenvalue weighted by Crippen LogP contribution is -2.49. The van der Waals surface area contributed by atoms with E-state index in [-0.39, 0.29) is 5.92 Å². The Morgan fingerprint density at radius 1 is 1.16 bits per heavy atom. The molecular formula is C17H31NO. The number of hydrogen-bond acceptors (Lipinski definition) is 1. The fourth-order valence-electron chi connectivity index (χ4n) is 3.91. The molecule has 2 rings (SSSR count). The van der Waals surface area contributed by atoms with Gasteiger partial charge in [-0.05, 0) is 42.9 Å². The normalized spacial score (nSPS) is 23.2. The molecule has 2 nitrogen and oxygen atoms in total. The number of nitrogens with zero attached hydrogens (tertiary/aromatic N) is 1. The van der Waals surface area contributed by atoms with Crippen LogP contribution in [0.3, 0.4) is 0 Å². The third kappa shape index (κ3) is 3.52. The first kappa shape index (κ1) is 14.9. The van der Waals surface area contributed by atoms with E-state index < -0.39 is 0 Å². The minimum Gasteiger partial charge on any atom is -0.342 e. The van der Waals surface area contributed by atoms with Crippen LogP contribution in [0.2, 0.25) is 0 Å². The van der Waals surface area contributed by atoms with Crippen LogP contribution in [0.4, 0.5) is 0 Å². The summed E-state index contributed by atoms with van der Waals surface area (Å²) >= 11 is 0. The standard InChI is InChI=1S/C17H31NO/c1-13(2)5-6-15-11-17(12-15)7-9-18(10-8-17)16(19)14(3)4/h13-15H,5-12H2,1-4H3. The van der Waals surface area contributed by atoms with Crippen LogP contribution in [0.5, 0.6) is 0 Å². The average molecular weight is 265 g/mol. The van der Waals surface area contributed by atoms with Crippen LogP contribution in [0, 0.1) is 23.2 Å². The molecular weight excluding hydrogens is 234 g/mol. The van der Waals surface area contributed by atoms with Crippen LogP contribution in [-0.4, -0.2) is 23.9 Å². The Kier molecular flexibility index (Phi) is 4.58. The number of carbonyl (C=O) groups is 1. The maximum atomic E-state index is 12.0. The SMILES string of the molecule is CC(C)CCC1CC2(CCN(C(=O)C(C)C)CC2)C1. The number of carbonyl (C=O) groups excluding carboxylic acids is 1. The molecule has 2 fully saturated rings. The first-order valence-electron chi connectivity index (χ1n) is 8.21. The summed E-state index contributed by atoms with van der Waals surface area (Å²) < 4.78 is 0. The molecule has 0 aromatic heterocycles. The van der Waals surface area contributed by atoms with Crippen LogP contribution in [0.25, 0.3) is 0 Å². The highest BCUT2D eigenvalue weighted by molar-refractivity contribution is 5.78. The summed E-state index contributed by atoms with van der Waals surface area (Å²) in [5.74, 6) is 2.34. The van der Waals surface area contributed by atoms with Crippen molar-refractivity contribution in [2.45, 2.75) is 66.2 Å². The second-order valence-electron chi connectivity index (χ2n) is 7.73. The van der Waals surface area contributed by atoms with Crippen molar-refractivity contribution in [3.05, 3.63) is 0 Å². The van der Waals surface area contributed by atoms with E-state index in [1.807, 2.05) is 13.8 Å². The first-order chi connectivity index (χ1) is 8.92. The Hall–Kier alpha value is -0.530. The summed E-state index contributed by atoms with van der Waals surface area (Å²) in [6.45, 7) is 10.7. The van der Waals surface area contributed by atoms with Crippen LogP contribution in [0.1, 0.15) is 66.2 Å². The van der Waals surface area contributed by atoms with E-state index in [0.29, 0.717) is 11.3 Å². The summed E-state index contributed by atoms with van der Waals surface area (Å²) in [5.41, 5.74) is 0.620. The summed E-state index contributed by atoms with van der Waals surface area (Å²) in [4.78, 5) is 14.1. The second-order valence-corrected chi connectivity index (χ2v) is 7.73. The van der Waals surface area contributed by atoms with Gasteiger partial charge in [0.15, 0.2) is 0 Å². The van der Waals surface area contributed by atoms with Gasteiger partial charge in [0.1, 0.15) is 0 Å². The molecule has 1 heterocycles. The van der Waals surface area contributed by atoms with Gasteiger partial charge in [0.25, 0.3) is 0 Å². The number of likely N-dealkylation sites (tertiary alicyclic amines) is 1. The lowest BCUT2D eigenvalue weighted by Gasteiger charge is -2.53. The number of hydrogen-bond donors (Lipinski definition) is 0. The number of rotatable bonds is 4. The van der Waals surface area contributed by atoms with Crippen molar-refractivity contribution < 1.29 is 4.79 Å². The van der Waals surface area contributed by atoms with Gasteiger partial charge < -0.3 is 4.90 Å². The molecule has 0 atom stereocenters. The van der Waals surface area contributed by atoms with Crippen LogP contribution >= 0.6 is 0 Å². The Labute approximate surface area is 118 Å². The summed E-state index contributed by atoms with van der Waals surface area (Å²) in [7, 11) is 0. The van der Waals surface area contributed by atoms with E-state index in [2.05, 4.69) is 18.7 Å². The molecule has 0 bridgehead atoms. The molecule has 0 unspecified atom stereocenters. The molecule has 1 saturated carbocycles. The lowest BCUT2D eigenvalue weighted by molar-refractivity contribution is -0.138. The van der Waals surface area contributed by atoms with Crippen LogP contribution in [-0.2, 0) is 4.79 Å². The largest absolute Gasteiger partial charge is 0.342 e. The second kappa shape index (κ2) is 5.85. The van der Waals surface area contributed by atoms with E-state index in [0.717, 1.165) is 24.9 Å². The monoisotopic (exact) mass is 265 g/mol. The molecule has 0 N–H and O–H groups in total. The Morgan fingerprint density at radius 2 is 1.74 bits per heavy atom. The Bertz CT molecular complexity index is 305. The van der Waals surface area contributed by atoms with Crippen LogP contribution < -0.4 is 0 Å². The minimum absolute atomic E-state index is 0.161. The Morgan fingerprint density at radius 3 is 2.21 bits per heavy atom. The van der Waals surface area contributed by atoms with Gasteiger partial charge in [-0.25, -0.2) is 0 Å². The van der Waals surface area contributed by atoms with Crippen molar-refractivity contribution in [1.82, 2.24) is 4.90 Å². The predicted molar refractivity (Wildman–Crippen MR) is 79.9 cm³/mol. The van der Waals surface area contributed by atoms with Crippen molar-refractivity contribution in [2.75, 3.05) is 13.1 Å². The van der Waals surface area contributed by atoms with Crippen LogP contribution in [0.15, 0.2) is 0 Å². The van der Waals surface area contributed by atoms with Crippen molar-refractivity contribution >= 4 is 5.91 Å². The van der Waals surface area contributed by atoms with E-state index in [9.17, 15) is 4.79 Å². The molecule has 2 heteroatoms. The van der Waals surface area contributed by atoms with E-state index in [4.69, 9.17) is 0 Å². The van der Waals surface area contributed by atoms with Crippen molar-refractivity contribution in [3.8, 4) is 0 Å². The molecule has 1 aliphatic carbocycles. The highest BCUT2D eigenvalue weighted by Crippen LogP contribution is 2.54. The molecule has 0 radical (unpaired) electrons. The smallest absolute Gasteiger partial charge is 0.225 e. The van der Waals surface area contributed by atoms with E-state index in [1.165, 1.54) is 38.5 Å². The van der Waals surface area contributed by atoms with Gasteiger partial charge in [0.2, 0.25) is 5.91 Å². The molecule has 1 aliphatic heterocycles. The predicted octanol–water partition coefficient (Wildman–Crippen LogP) is 4.10. The van der Waals surface area contributed by atoms with Gasteiger partial charge in [-0.2, -0.15) is 0 Å². The fourth-order valence-corrected chi connectivity index (χ4v) is 3.91. The molecule has 0 aromatic rings. The Balaban J connectivity index is 1.72. The maximum Gasteiger partial charge on any atom is 0.225 e. The zero-order valence-electron chi connectivity index (χ0n) is 13.2. The minimum atomic E-state index is 0.161. The van der Waals surface area contributed by atoms with Gasteiger partial charge in [-0.3, -0.25) is 4.79 Å². The topological polar surface area (TPSA) is 20.3 Å². The third-order valence-corrected chi connectivity index (χ3v) is 5.23. The first-order valence-corrected chi connectivity index (χ1v) is 8.21. The summed E-state index contributed by atoms with van der Waals surface area (Å²) in [6.07, 6.45) is 8.19. The lowest BCUT2D eigenvalue weighted by atomic mass is 9.56. The molecule has 1 spiro atoms. The van der Waals surface area contributed by atoms with Gasteiger partial charge >= 0.3 is 0 Å². The van der Waals surface area contributed by atoms with Crippen molar-refractivity contribution in [3.63, 3.8) is 0 Å². The zero-order valence-corrected chi connectivity index (χ0v) is 13.2. The van der Waals surface area contributed by atoms with Crippen molar-refractivity contribution in [2.24, 2.45) is 23.2 Å². The van der Waals surface area contributed by atoms with E-state index in [1.54, 1.807) is 0 Å². The van der Waals surface area contributed by atoms with Gasteiger partial charge in [-0.1, -0.05) is 40.5 Å². The quantitative estimate of drug-likeness (QED) is 0.749. The molecule has 110 valence electrons. The van der Waals surface area contributed by atoms with E-state index >= 15 is 0 Å². The molecule has 1 amide bonds. The van der Waals surface area contributed by atoms with Gasteiger partial charge in [0.05, 0.1) is 0 Å². The average Bonchev–Trinajstić information content (AvgIpc) is 2.33. The molecule has 19 heavy (non-hydrogen) atoms. The zero-order chi connectivity index (χ0) is 14.0. The maximum absolute atomic E-state index is 12.0. The summed E-state index contributed by atoms with van der Waals surface area (Å²) in [6, 6.07) is 0. The summed E-state index contributed by atoms with van der Waals surface area (Å²) in [5, 5.41) is 0. The number of amides is 1. The van der Waals surface area contributed by atoms with Crippen molar-refractivity contribution in [1.29, 1.82) is 0 Å².